The molecule has 110 valence electrons. The van der Waals surface area contributed by atoms with Gasteiger partial charge in [0.05, 0.1) is 17.2 Å². The van der Waals surface area contributed by atoms with Crippen LogP contribution in [-0.2, 0) is 9.47 Å². The van der Waals surface area contributed by atoms with Gasteiger partial charge in [-0.15, -0.1) is 0 Å². The van der Waals surface area contributed by atoms with E-state index >= 15 is 0 Å². The Morgan fingerprint density at radius 2 is 2.25 bits per heavy atom. The molecule has 5 heteroatoms. The topological polar surface area (TPSA) is 44.5 Å². The first-order valence-corrected chi connectivity index (χ1v) is 8.19. The smallest absolute Gasteiger partial charge is 0.0940 e. The Morgan fingerprint density at radius 3 is 2.95 bits per heavy atom. The maximum absolute atomic E-state index is 6.48. The quantitative estimate of drug-likeness (QED) is 0.875. The molecule has 3 unspecified atom stereocenters. The summed E-state index contributed by atoms with van der Waals surface area (Å²) in [7, 11) is 0. The van der Waals surface area contributed by atoms with Gasteiger partial charge in [0.1, 0.15) is 0 Å². The van der Waals surface area contributed by atoms with Gasteiger partial charge in [0, 0.05) is 30.1 Å². The first-order valence-electron chi connectivity index (χ1n) is 7.02. The number of rotatable bonds is 2. The summed E-state index contributed by atoms with van der Waals surface area (Å²) >= 11 is 9.51. The van der Waals surface area contributed by atoms with Gasteiger partial charge >= 0.3 is 0 Å². The predicted octanol–water partition coefficient (Wildman–Crippen LogP) is 3.69. The molecule has 3 nitrogen and oxygen atoms in total. The second-order valence-electron chi connectivity index (χ2n) is 5.79. The average molecular weight is 361 g/mol. The number of ether oxygens (including phenoxy) is 2. The maximum Gasteiger partial charge on any atom is 0.0940 e. The molecule has 3 atom stereocenters. The van der Waals surface area contributed by atoms with Crippen molar-refractivity contribution in [2.75, 3.05) is 19.8 Å². The Bertz CT molecular complexity index is 491. The third-order valence-electron chi connectivity index (χ3n) is 4.43. The summed E-state index contributed by atoms with van der Waals surface area (Å²) in [5.41, 5.74) is 7.51. The molecule has 1 spiro atoms. The summed E-state index contributed by atoms with van der Waals surface area (Å²) < 4.78 is 12.4. The highest BCUT2D eigenvalue weighted by molar-refractivity contribution is 9.10. The fraction of sp³-hybridized carbons (Fsp3) is 0.600. The molecule has 0 saturated carbocycles. The van der Waals surface area contributed by atoms with E-state index in [1.54, 1.807) is 0 Å². The van der Waals surface area contributed by atoms with Crippen LogP contribution in [0.3, 0.4) is 0 Å². The lowest BCUT2D eigenvalue weighted by Gasteiger charge is -2.39. The van der Waals surface area contributed by atoms with Crippen molar-refractivity contribution in [2.45, 2.75) is 30.9 Å². The van der Waals surface area contributed by atoms with E-state index in [4.69, 9.17) is 26.8 Å². The Labute approximate surface area is 132 Å². The molecule has 0 aliphatic carbocycles. The molecule has 1 aromatic rings. The van der Waals surface area contributed by atoms with E-state index in [1.807, 2.05) is 18.2 Å². The lowest BCUT2D eigenvalue weighted by Crippen LogP contribution is -2.43. The van der Waals surface area contributed by atoms with Gasteiger partial charge in [-0.25, -0.2) is 0 Å². The van der Waals surface area contributed by atoms with Crippen LogP contribution in [-0.4, -0.2) is 25.4 Å². The van der Waals surface area contributed by atoms with Crippen molar-refractivity contribution in [3.05, 3.63) is 33.3 Å². The zero-order valence-corrected chi connectivity index (χ0v) is 13.6. The number of hydrogen-bond acceptors (Lipinski definition) is 3. The highest BCUT2D eigenvalue weighted by Crippen LogP contribution is 2.40. The molecule has 2 saturated heterocycles. The Kier molecular flexibility index (Phi) is 4.39. The van der Waals surface area contributed by atoms with Crippen LogP contribution >= 0.6 is 27.5 Å². The van der Waals surface area contributed by atoms with Crippen LogP contribution in [0.25, 0.3) is 0 Å². The highest BCUT2D eigenvalue weighted by Gasteiger charge is 2.42. The van der Waals surface area contributed by atoms with Crippen molar-refractivity contribution in [2.24, 2.45) is 11.7 Å². The second-order valence-corrected chi connectivity index (χ2v) is 7.05. The van der Waals surface area contributed by atoms with Gasteiger partial charge < -0.3 is 15.2 Å². The monoisotopic (exact) mass is 359 g/mol. The molecule has 2 N–H and O–H groups in total. The van der Waals surface area contributed by atoms with Crippen molar-refractivity contribution in [1.29, 1.82) is 0 Å². The summed E-state index contributed by atoms with van der Waals surface area (Å²) in [6.45, 7) is 2.28. The molecule has 2 fully saturated rings. The highest BCUT2D eigenvalue weighted by atomic mass is 79.9. The van der Waals surface area contributed by atoms with Crippen LogP contribution in [0, 0.1) is 5.92 Å². The largest absolute Gasteiger partial charge is 0.378 e. The molecule has 2 aliphatic rings. The third-order valence-corrected chi connectivity index (χ3v) is 5.65. The van der Waals surface area contributed by atoms with Gasteiger partial charge in [-0.2, -0.15) is 0 Å². The van der Waals surface area contributed by atoms with Gasteiger partial charge in [0.15, 0.2) is 0 Å². The second kappa shape index (κ2) is 5.93. The van der Waals surface area contributed by atoms with Gasteiger partial charge in [0.25, 0.3) is 0 Å². The van der Waals surface area contributed by atoms with Crippen molar-refractivity contribution in [1.82, 2.24) is 0 Å². The Balaban J connectivity index is 1.75. The maximum atomic E-state index is 6.48. The first kappa shape index (κ1) is 14.8. The van der Waals surface area contributed by atoms with Crippen LogP contribution in [0.1, 0.15) is 30.9 Å². The van der Waals surface area contributed by atoms with E-state index in [1.165, 1.54) is 0 Å². The predicted molar refractivity (Wildman–Crippen MR) is 82.9 cm³/mol. The summed E-state index contributed by atoms with van der Waals surface area (Å²) in [6.07, 6.45) is 2.97. The number of hydrogen-bond donors (Lipinski definition) is 1. The summed E-state index contributed by atoms with van der Waals surface area (Å²) in [5.74, 6) is 0.429. The molecule has 0 aromatic heterocycles. The lowest BCUT2D eigenvalue weighted by molar-refractivity contribution is -0.101. The number of nitrogens with two attached hydrogens (primary N) is 1. The van der Waals surface area contributed by atoms with Crippen LogP contribution in [0.15, 0.2) is 22.7 Å². The summed E-state index contributed by atoms with van der Waals surface area (Å²) in [4.78, 5) is 0. The van der Waals surface area contributed by atoms with Crippen molar-refractivity contribution >= 4 is 27.5 Å². The molecule has 0 bridgehead atoms. The van der Waals surface area contributed by atoms with Crippen molar-refractivity contribution in [3.63, 3.8) is 0 Å². The number of halogens is 2. The molecule has 2 heterocycles. The fourth-order valence-corrected chi connectivity index (χ4v) is 3.74. The minimum absolute atomic E-state index is 0.0185. The zero-order valence-electron chi connectivity index (χ0n) is 11.3. The minimum Gasteiger partial charge on any atom is -0.378 e. The van der Waals surface area contributed by atoms with Crippen LogP contribution < -0.4 is 5.73 Å². The van der Waals surface area contributed by atoms with Crippen LogP contribution in [0.4, 0.5) is 0 Å². The molecule has 0 radical (unpaired) electrons. The average Bonchev–Trinajstić information content (AvgIpc) is 2.89. The summed E-state index contributed by atoms with van der Waals surface area (Å²) in [6, 6.07) is 5.96. The molecule has 1 aromatic carbocycles. The molecule has 20 heavy (non-hydrogen) atoms. The third kappa shape index (κ3) is 2.90. The van der Waals surface area contributed by atoms with E-state index in [9.17, 15) is 0 Å². The van der Waals surface area contributed by atoms with Gasteiger partial charge in [-0.1, -0.05) is 17.7 Å². The van der Waals surface area contributed by atoms with Crippen LogP contribution in [0.5, 0.6) is 0 Å². The van der Waals surface area contributed by atoms with Gasteiger partial charge in [-0.05, 0) is 52.4 Å². The fourth-order valence-electron chi connectivity index (χ4n) is 3.23. The van der Waals surface area contributed by atoms with E-state index in [0.29, 0.717) is 17.5 Å². The summed E-state index contributed by atoms with van der Waals surface area (Å²) in [5, 5.41) is 0.716. The van der Waals surface area contributed by atoms with Crippen molar-refractivity contribution < 1.29 is 9.47 Å². The van der Waals surface area contributed by atoms with E-state index in [2.05, 4.69) is 15.9 Å². The normalized spacial score (nSPS) is 31.6. The lowest BCUT2D eigenvalue weighted by atomic mass is 9.79. The van der Waals surface area contributed by atoms with Crippen molar-refractivity contribution in [3.8, 4) is 0 Å². The van der Waals surface area contributed by atoms with Gasteiger partial charge in [-0.3, -0.25) is 0 Å². The Morgan fingerprint density at radius 1 is 1.40 bits per heavy atom. The SMILES string of the molecule is NC(c1ccc(Cl)c(Br)c1)C1CCOC2(CCOC2)C1. The minimum atomic E-state index is -0.0931. The first-order chi connectivity index (χ1) is 9.60. The van der Waals surface area contributed by atoms with E-state index in [-0.39, 0.29) is 11.6 Å². The van der Waals surface area contributed by atoms with E-state index in [0.717, 1.165) is 42.5 Å². The van der Waals surface area contributed by atoms with Gasteiger partial charge in [0.2, 0.25) is 0 Å². The molecular weight excluding hydrogens is 342 g/mol. The standard InChI is InChI=1S/C15H19BrClNO2/c16-12-7-10(1-2-13(12)17)14(18)11-3-5-20-15(8-11)4-6-19-9-15/h1-2,7,11,14H,3-6,8-9,18H2. The molecule has 2 aliphatic heterocycles. The van der Waals surface area contributed by atoms with E-state index < -0.39 is 0 Å². The van der Waals surface area contributed by atoms with Crippen LogP contribution in [0.2, 0.25) is 5.02 Å². The zero-order chi connectivity index (χ0) is 14.2. The Hall–Kier alpha value is -0.130. The molecular formula is C15H19BrClNO2. The molecule has 0 amide bonds. The number of benzene rings is 1. The molecule has 3 rings (SSSR count).